The van der Waals surface area contributed by atoms with Gasteiger partial charge in [-0.1, -0.05) is 11.6 Å². The molecule has 2 saturated carbocycles. The topological polar surface area (TPSA) is 58.4 Å². The van der Waals surface area contributed by atoms with Crippen LogP contribution in [-0.4, -0.2) is 29.9 Å². The second kappa shape index (κ2) is 5.62. The van der Waals surface area contributed by atoms with Gasteiger partial charge in [-0.05, 0) is 49.8 Å². The monoisotopic (exact) mass is 293 g/mol. The Morgan fingerprint density at radius 1 is 1.35 bits per heavy atom. The molecule has 0 unspecified atom stereocenters. The van der Waals surface area contributed by atoms with Crippen LogP contribution in [0.2, 0.25) is 5.02 Å². The molecule has 0 saturated heterocycles. The van der Waals surface area contributed by atoms with Crippen molar-refractivity contribution in [2.75, 3.05) is 24.1 Å². The van der Waals surface area contributed by atoms with Gasteiger partial charge in [-0.25, -0.2) is 0 Å². The van der Waals surface area contributed by atoms with E-state index in [-0.39, 0.29) is 5.91 Å². The van der Waals surface area contributed by atoms with Gasteiger partial charge in [0.25, 0.3) is 0 Å². The van der Waals surface area contributed by atoms with E-state index in [0.29, 0.717) is 29.0 Å². The van der Waals surface area contributed by atoms with Crippen molar-refractivity contribution in [1.29, 1.82) is 0 Å². The largest absolute Gasteiger partial charge is 0.399 e. The highest BCUT2D eigenvalue weighted by Crippen LogP contribution is 2.34. The van der Waals surface area contributed by atoms with Crippen LogP contribution in [0.5, 0.6) is 0 Å². The summed E-state index contributed by atoms with van der Waals surface area (Å²) >= 11 is 6.06. The Balaban J connectivity index is 1.58. The van der Waals surface area contributed by atoms with Crippen molar-refractivity contribution in [1.82, 2.24) is 4.90 Å². The fourth-order valence-corrected chi connectivity index (χ4v) is 2.59. The summed E-state index contributed by atoms with van der Waals surface area (Å²) in [6, 6.07) is 5.73. The molecule has 4 nitrogen and oxygen atoms in total. The van der Waals surface area contributed by atoms with Crippen LogP contribution in [0.15, 0.2) is 18.2 Å². The number of rotatable bonds is 6. The number of nitrogens with zero attached hydrogens (tertiary/aromatic N) is 1. The molecular weight excluding hydrogens is 274 g/mol. The van der Waals surface area contributed by atoms with Crippen LogP contribution in [0.25, 0.3) is 0 Å². The smallest absolute Gasteiger partial charge is 0.238 e. The Labute approximate surface area is 124 Å². The number of amides is 1. The summed E-state index contributed by atoms with van der Waals surface area (Å²) in [5.41, 5.74) is 6.91. The Kier molecular flexibility index (Phi) is 3.85. The zero-order valence-corrected chi connectivity index (χ0v) is 12.2. The maximum Gasteiger partial charge on any atom is 0.238 e. The molecule has 1 aromatic carbocycles. The molecule has 2 fully saturated rings. The van der Waals surface area contributed by atoms with Gasteiger partial charge >= 0.3 is 0 Å². The van der Waals surface area contributed by atoms with Crippen molar-refractivity contribution >= 4 is 28.9 Å². The van der Waals surface area contributed by atoms with E-state index in [1.807, 2.05) is 0 Å². The van der Waals surface area contributed by atoms with E-state index in [0.717, 1.165) is 12.5 Å². The van der Waals surface area contributed by atoms with Crippen LogP contribution in [-0.2, 0) is 4.79 Å². The highest BCUT2D eigenvalue weighted by molar-refractivity contribution is 6.33. The lowest BCUT2D eigenvalue weighted by atomic mass is 10.2. The molecule has 0 spiro atoms. The lowest BCUT2D eigenvalue weighted by Gasteiger charge is -2.21. The Hall–Kier alpha value is -1.26. The van der Waals surface area contributed by atoms with Crippen molar-refractivity contribution in [3.8, 4) is 0 Å². The van der Waals surface area contributed by atoms with E-state index in [1.165, 1.54) is 25.7 Å². The number of anilines is 2. The molecule has 1 amide bonds. The van der Waals surface area contributed by atoms with Gasteiger partial charge in [-0.15, -0.1) is 0 Å². The van der Waals surface area contributed by atoms with Crippen LogP contribution in [0.3, 0.4) is 0 Å². The number of halogens is 1. The molecule has 0 bridgehead atoms. The summed E-state index contributed by atoms with van der Waals surface area (Å²) in [5.74, 6) is 0.796. The predicted molar refractivity (Wildman–Crippen MR) is 81.8 cm³/mol. The molecule has 108 valence electrons. The average Bonchev–Trinajstić information content (AvgIpc) is 3.25. The van der Waals surface area contributed by atoms with Crippen molar-refractivity contribution < 1.29 is 4.79 Å². The van der Waals surface area contributed by atoms with Crippen molar-refractivity contribution in [3.63, 3.8) is 0 Å². The van der Waals surface area contributed by atoms with E-state index < -0.39 is 0 Å². The number of benzene rings is 1. The highest BCUT2D eigenvalue weighted by atomic mass is 35.5. The fourth-order valence-electron chi connectivity index (χ4n) is 2.43. The van der Waals surface area contributed by atoms with Crippen molar-refractivity contribution in [2.45, 2.75) is 31.7 Å². The summed E-state index contributed by atoms with van der Waals surface area (Å²) < 4.78 is 0. The fraction of sp³-hybridized carbons (Fsp3) is 0.533. The first-order chi connectivity index (χ1) is 9.61. The third-order valence-electron chi connectivity index (χ3n) is 3.86. The van der Waals surface area contributed by atoms with Crippen LogP contribution in [0.1, 0.15) is 25.7 Å². The summed E-state index contributed by atoms with van der Waals surface area (Å²) in [5, 5.41) is 3.39. The molecule has 2 aliphatic rings. The normalized spacial score (nSPS) is 18.3. The molecule has 0 aliphatic heterocycles. The van der Waals surface area contributed by atoms with Crippen LogP contribution in [0, 0.1) is 5.92 Å². The lowest BCUT2D eigenvalue weighted by molar-refractivity contribution is -0.117. The maximum absolute atomic E-state index is 12.2. The van der Waals surface area contributed by atoms with Crippen LogP contribution >= 0.6 is 11.6 Å². The molecule has 0 heterocycles. The zero-order chi connectivity index (χ0) is 14.1. The lowest BCUT2D eigenvalue weighted by Crippen LogP contribution is -2.36. The van der Waals surface area contributed by atoms with E-state index >= 15 is 0 Å². The van der Waals surface area contributed by atoms with Gasteiger partial charge in [-0.2, -0.15) is 0 Å². The first kappa shape index (κ1) is 13.7. The van der Waals surface area contributed by atoms with Crippen molar-refractivity contribution in [2.24, 2.45) is 5.92 Å². The average molecular weight is 294 g/mol. The van der Waals surface area contributed by atoms with Gasteiger partial charge in [0.1, 0.15) is 0 Å². The third kappa shape index (κ3) is 3.64. The van der Waals surface area contributed by atoms with Crippen LogP contribution < -0.4 is 11.1 Å². The minimum Gasteiger partial charge on any atom is -0.399 e. The van der Waals surface area contributed by atoms with Gasteiger partial charge in [0.2, 0.25) is 5.91 Å². The molecule has 5 heteroatoms. The molecule has 3 N–H and O–H groups in total. The van der Waals surface area contributed by atoms with E-state index in [9.17, 15) is 4.79 Å². The van der Waals surface area contributed by atoms with Gasteiger partial charge in [0, 0.05) is 18.3 Å². The van der Waals surface area contributed by atoms with Gasteiger partial charge in [0.15, 0.2) is 0 Å². The summed E-state index contributed by atoms with van der Waals surface area (Å²) in [6.07, 6.45) is 5.07. The molecule has 0 atom stereocenters. The van der Waals surface area contributed by atoms with Gasteiger partial charge in [-0.3, -0.25) is 9.69 Å². The number of nitrogens with one attached hydrogen (secondary N) is 1. The number of carbonyl (C=O) groups excluding carboxylic acids is 1. The minimum absolute atomic E-state index is 0.00921. The first-order valence-corrected chi connectivity index (χ1v) is 7.58. The number of carbonyl (C=O) groups is 1. The molecule has 3 rings (SSSR count). The molecular formula is C15H20ClN3O. The van der Waals surface area contributed by atoms with Gasteiger partial charge in [0.05, 0.1) is 17.3 Å². The van der Waals surface area contributed by atoms with Crippen molar-refractivity contribution in [3.05, 3.63) is 23.2 Å². The zero-order valence-electron chi connectivity index (χ0n) is 11.4. The predicted octanol–water partition coefficient (Wildman–Crippen LogP) is 2.74. The Bertz CT molecular complexity index is 512. The highest BCUT2D eigenvalue weighted by Gasteiger charge is 2.34. The molecule has 0 radical (unpaired) electrons. The minimum atomic E-state index is -0.00921. The second-order valence-corrected chi connectivity index (χ2v) is 6.30. The standard InChI is InChI=1S/C15H20ClN3O/c16-13-6-3-11(17)7-14(13)18-15(20)9-19(12-4-5-12)8-10-1-2-10/h3,6-7,10,12H,1-2,4-5,8-9,17H2,(H,18,20). The van der Waals surface area contributed by atoms with E-state index in [2.05, 4.69) is 10.2 Å². The Morgan fingerprint density at radius 3 is 2.75 bits per heavy atom. The first-order valence-electron chi connectivity index (χ1n) is 7.21. The molecule has 0 aromatic heterocycles. The van der Waals surface area contributed by atoms with E-state index in [4.69, 9.17) is 17.3 Å². The Morgan fingerprint density at radius 2 is 2.10 bits per heavy atom. The summed E-state index contributed by atoms with van der Waals surface area (Å²) in [7, 11) is 0. The number of nitrogens with two attached hydrogens (primary N) is 1. The molecule has 20 heavy (non-hydrogen) atoms. The number of hydrogen-bond acceptors (Lipinski definition) is 3. The SMILES string of the molecule is Nc1ccc(Cl)c(NC(=O)CN(CC2CC2)C2CC2)c1. The second-order valence-electron chi connectivity index (χ2n) is 5.89. The van der Waals surface area contributed by atoms with Gasteiger partial charge < -0.3 is 11.1 Å². The molecule has 1 aromatic rings. The third-order valence-corrected chi connectivity index (χ3v) is 4.19. The summed E-state index contributed by atoms with van der Waals surface area (Å²) in [6.45, 7) is 1.51. The van der Waals surface area contributed by atoms with Crippen LogP contribution in [0.4, 0.5) is 11.4 Å². The number of hydrogen-bond donors (Lipinski definition) is 2. The quantitative estimate of drug-likeness (QED) is 0.793. The maximum atomic E-state index is 12.2. The molecule has 2 aliphatic carbocycles. The summed E-state index contributed by atoms with van der Waals surface area (Å²) in [4.78, 5) is 14.5. The van der Waals surface area contributed by atoms with E-state index in [1.54, 1.807) is 18.2 Å². The number of nitrogen functional groups attached to an aromatic ring is 1.